The number of anilines is 1. The van der Waals surface area contributed by atoms with Crippen LogP contribution < -0.4 is 10.9 Å². The van der Waals surface area contributed by atoms with Crippen LogP contribution in [-0.2, 0) is 11.3 Å². The van der Waals surface area contributed by atoms with E-state index in [1.165, 1.54) is 10.7 Å². The molecule has 0 aliphatic rings. The highest BCUT2D eigenvalue weighted by Gasteiger charge is 2.09. The van der Waals surface area contributed by atoms with Crippen LogP contribution in [0.3, 0.4) is 0 Å². The standard InChI is InChI=1S/C23H18BrN3O2/c1-15-12-19(8-9-20(15)24)25-22(28)14-27-23(29)11-10-21(26-27)18-7-6-16-4-2-3-5-17(16)13-18/h2-13H,14H2,1H3,(H,25,28). The second-order valence-electron chi connectivity index (χ2n) is 6.79. The van der Waals surface area contributed by atoms with Crippen molar-refractivity contribution in [1.82, 2.24) is 9.78 Å². The fourth-order valence-electron chi connectivity index (χ4n) is 3.12. The molecule has 144 valence electrons. The Kier molecular flexibility index (Phi) is 5.27. The number of aryl methyl sites for hydroxylation is 1. The van der Waals surface area contributed by atoms with E-state index in [0.717, 1.165) is 26.4 Å². The van der Waals surface area contributed by atoms with Crippen molar-refractivity contribution < 1.29 is 4.79 Å². The van der Waals surface area contributed by atoms with Gasteiger partial charge >= 0.3 is 0 Å². The van der Waals surface area contributed by atoms with Crippen molar-refractivity contribution in [3.63, 3.8) is 0 Å². The fraction of sp³-hybridized carbons (Fsp3) is 0.0870. The van der Waals surface area contributed by atoms with E-state index in [9.17, 15) is 9.59 Å². The molecule has 3 aromatic carbocycles. The lowest BCUT2D eigenvalue weighted by Gasteiger charge is -2.10. The average molecular weight is 448 g/mol. The topological polar surface area (TPSA) is 64.0 Å². The van der Waals surface area contributed by atoms with Crippen LogP contribution in [0.2, 0.25) is 0 Å². The highest BCUT2D eigenvalue weighted by Crippen LogP contribution is 2.22. The second kappa shape index (κ2) is 8.01. The number of amides is 1. The molecule has 29 heavy (non-hydrogen) atoms. The molecule has 0 saturated carbocycles. The Bertz CT molecular complexity index is 1280. The minimum atomic E-state index is -0.323. The van der Waals surface area contributed by atoms with Crippen LogP contribution in [-0.4, -0.2) is 15.7 Å². The number of fused-ring (bicyclic) bond motifs is 1. The summed E-state index contributed by atoms with van der Waals surface area (Å²) in [4.78, 5) is 24.6. The largest absolute Gasteiger partial charge is 0.324 e. The Labute approximate surface area is 176 Å². The normalized spacial score (nSPS) is 10.8. The molecule has 1 N–H and O–H groups in total. The molecule has 1 amide bonds. The molecule has 0 spiro atoms. The first kappa shape index (κ1) is 19.1. The molecule has 0 atom stereocenters. The zero-order valence-electron chi connectivity index (χ0n) is 15.7. The van der Waals surface area contributed by atoms with Gasteiger partial charge in [-0.05, 0) is 53.6 Å². The first-order valence-corrected chi connectivity index (χ1v) is 9.92. The van der Waals surface area contributed by atoms with Gasteiger partial charge in [0, 0.05) is 21.8 Å². The van der Waals surface area contributed by atoms with Gasteiger partial charge in [0.2, 0.25) is 5.91 Å². The lowest BCUT2D eigenvalue weighted by Crippen LogP contribution is -2.29. The van der Waals surface area contributed by atoms with E-state index in [1.807, 2.05) is 61.5 Å². The summed E-state index contributed by atoms with van der Waals surface area (Å²) in [6, 6.07) is 22.7. The average Bonchev–Trinajstić information content (AvgIpc) is 2.72. The summed E-state index contributed by atoms with van der Waals surface area (Å²) in [6.45, 7) is 1.79. The number of carbonyl (C=O) groups is 1. The Morgan fingerprint density at radius 3 is 2.59 bits per heavy atom. The van der Waals surface area contributed by atoms with E-state index in [4.69, 9.17) is 0 Å². The molecule has 5 nitrogen and oxygen atoms in total. The van der Waals surface area contributed by atoms with Gasteiger partial charge in [-0.15, -0.1) is 0 Å². The molecule has 1 heterocycles. The van der Waals surface area contributed by atoms with E-state index < -0.39 is 0 Å². The summed E-state index contributed by atoms with van der Waals surface area (Å²) < 4.78 is 2.16. The molecule has 0 saturated heterocycles. The second-order valence-corrected chi connectivity index (χ2v) is 7.64. The zero-order valence-corrected chi connectivity index (χ0v) is 17.3. The van der Waals surface area contributed by atoms with Crippen molar-refractivity contribution in [3.05, 3.63) is 93.2 Å². The van der Waals surface area contributed by atoms with Gasteiger partial charge in [0.05, 0.1) is 5.69 Å². The Hall–Kier alpha value is -3.25. The molecule has 0 unspecified atom stereocenters. The predicted octanol–water partition coefficient (Wildman–Crippen LogP) is 4.77. The van der Waals surface area contributed by atoms with Crippen LogP contribution in [0.1, 0.15) is 5.56 Å². The van der Waals surface area contributed by atoms with Gasteiger partial charge in [-0.25, -0.2) is 4.68 Å². The lowest BCUT2D eigenvalue weighted by atomic mass is 10.1. The van der Waals surface area contributed by atoms with Gasteiger partial charge in [0.15, 0.2) is 0 Å². The summed E-state index contributed by atoms with van der Waals surface area (Å²) in [5.41, 5.74) is 2.89. The monoisotopic (exact) mass is 447 g/mol. The van der Waals surface area contributed by atoms with Crippen LogP contribution in [0.15, 0.2) is 82.1 Å². The molecule has 0 radical (unpaired) electrons. The fourth-order valence-corrected chi connectivity index (χ4v) is 3.37. The molecule has 0 fully saturated rings. The van der Waals surface area contributed by atoms with Gasteiger partial charge in [-0.1, -0.05) is 52.3 Å². The summed E-state index contributed by atoms with van der Waals surface area (Å²) in [6.07, 6.45) is 0. The maximum atomic E-state index is 12.4. The van der Waals surface area contributed by atoms with Crippen molar-refractivity contribution >= 4 is 38.3 Å². The number of aromatic nitrogens is 2. The van der Waals surface area contributed by atoms with Crippen LogP contribution in [0, 0.1) is 6.92 Å². The summed E-state index contributed by atoms with van der Waals surface area (Å²) in [7, 11) is 0. The van der Waals surface area contributed by atoms with E-state index in [1.54, 1.807) is 12.1 Å². The number of benzene rings is 3. The minimum absolute atomic E-state index is 0.157. The van der Waals surface area contributed by atoms with Gasteiger partial charge in [0.1, 0.15) is 6.54 Å². The SMILES string of the molecule is Cc1cc(NC(=O)Cn2nc(-c3ccc4ccccc4c3)ccc2=O)ccc1Br. The van der Waals surface area contributed by atoms with Crippen molar-refractivity contribution in [3.8, 4) is 11.3 Å². The number of nitrogens with zero attached hydrogens (tertiary/aromatic N) is 2. The first-order chi connectivity index (χ1) is 14.0. The number of carbonyl (C=O) groups excluding carboxylic acids is 1. The molecular weight excluding hydrogens is 430 g/mol. The summed E-state index contributed by atoms with van der Waals surface area (Å²) in [5.74, 6) is -0.308. The van der Waals surface area contributed by atoms with Gasteiger partial charge in [-0.3, -0.25) is 9.59 Å². The smallest absolute Gasteiger partial charge is 0.267 e. The highest BCUT2D eigenvalue weighted by molar-refractivity contribution is 9.10. The Morgan fingerprint density at radius 2 is 1.79 bits per heavy atom. The number of halogens is 1. The van der Waals surface area contributed by atoms with E-state index >= 15 is 0 Å². The van der Waals surface area contributed by atoms with Gasteiger partial charge < -0.3 is 5.32 Å². The third-order valence-electron chi connectivity index (χ3n) is 4.65. The van der Waals surface area contributed by atoms with Crippen molar-refractivity contribution in [2.45, 2.75) is 13.5 Å². The predicted molar refractivity (Wildman–Crippen MR) is 119 cm³/mol. The van der Waals surface area contributed by atoms with E-state index in [2.05, 4.69) is 26.3 Å². The number of rotatable bonds is 4. The summed E-state index contributed by atoms with van der Waals surface area (Å²) >= 11 is 3.44. The number of hydrogen-bond donors (Lipinski definition) is 1. The highest BCUT2D eigenvalue weighted by atomic mass is 79.9. The van der Waals surface area contributed by atoms with Crippen molar-refractivity contribution in [1.29, 1.82) is 0 Å². The van der Waals surface area contributed by atoms with Crippen LogP contribution >= 0.6 is 15.9 Å². The summed E-state index contributed by atoms with van der Waals surface area (Å²) in [5, 5.41) is 9.43. The van der Waals surface area contributed by atoms with E-state index in [0.29, 0.717) is 11.4 Å². The minimum Gasteiger partial charge on any atom is -0.324 e. The van der Waals surface area contributed by atoms with Gasteiger partial charge in [-0.2, -0.15) is 5.10 Å². The quantitative estimate of drug-likeness (QED) is 0.489. The number of hydrogen-bond acceptors (Lipinski definition) is 3. The molecule has 1 aromatic heterocycles. The molecule has 4 aromatic rings. The molecule has 6 heteroatoms. The first-order valence-electron chi connectivity index (χ1n) is 9.13. The third kappa shape index (κ3) is 4.27. The Morgan fingerprint density at radius 1 is 1.00 bits per heavy atom. The third-order valence-corrected chi connectivity index (χ3v) is 5.54. The maximum Gasteiger partial charge on any atom is 0.267 e. The van der Waals surface area contributed by atoms with Gasteiger partial charge in [0.25, 0.3) is 5.56 Å². The molecule has 0 bridgehead atoms. The Balaban J connectivity index is 1.58. The van der Waals surface area contributed by atoms with Crippen LogP contribution in [0.25, 0.3) is 22.0 Å². The zero-order chi connectivity index (χ0) is 20.4. The van der Waals surface area contributed by atoms with Crippen LogP contribution in [0.4, 0.5) is 5.69 Å². The van der Waals surface area contributed by atoms with Crippen molar-refractivity contribution in [2.75, 3.05) is 5.32 Å². The molecule has 0 aliphatic carbocycles. The van der Waals surface area contributed by atoms with E-state index in [-0.39, 0.29) is 18.0 Å². The molecule has 0 aliphatic heterocycles. The maximum absolute atomic E-state index is 12.4. The van der Waals surface area contributed by atoms with Crippen molar-refractivity contribution in [2.24, 2.45) is 0 Å². The molecule has 4 rings (SSSR count). The van der Waals surface area contributed by atoms with Crippen LogP contribution in [0.5, 0.6) is 0 Å². The number of nitrogens with one attached hydrogen (secondary N) is 1. The lowest BCUT2D eigenvalue weighted by molar-refractivity contribution is -0.117. The molecular formula is C23H18BrN3O2.